The minimum atomic E-state index is -0.128. The van der Waals surface area contributed by atoms with Crippen molar-refractivity contribution in [1.82, 2.24) is 4.98 Å². The highest BCUT2D eigenvalue weighted by molar-refractivity contribution is 9.10. The van der Waals surface area contributed by atoms with E-state index in [2.05, 4.69) is 40.1 Å². The van der Waals surface area contributed by atoms with Crippen molar-refractivity contribution >= 4 is 49.1 Å². The monoisotopic (exact) mass is 388 g/mol. The third kappa shape index (κ3) is 2.79. The van der Waals surface area contributed by atoms with E-state index in [-0.39, 0.29) is 5.91 Å². The first-order chi connectivity index (χ1) is 10.9. The second kappa shape index (κ2) is 6.06. The standard InChI is InChI=1S/C18H17BrN2OS/c1-9-10(2)12(4)20-17(11(9)3)21-18(22)16-15(19)13-7-5-6-8-14(13)23-16/h5-8H,1-4H3,(H,20,21,22). The summed E-state index contributed by atoms with van der Waals surface area (Å²) in [6.45, 7) is 8.07. The van der Waals surface area contributed by atoms with Crippen molar-refractivity contribution in [2.45, 2.75) is 27.7 Å². The number of halogens is 1. The molecular formula is C18H17BrN2OS. The Kier molecular flexibility index (Phi) is 4.25. The van der Waals surface area contributed by atoms with Gasteiger partial charge in [0.15, 0.2) is 0 Å². The van der Waals surface area contributed by atoms with Crippen LogP contribution >= 0.6 is 27.3 Å². The van der Waals surface area contributed by atoms with Crippen LogP contribution in [0.15, 0.2) is 28.7 Å². The maximum atomic E-state index is 12.7. The minimum absolute atomic E-state index is 0.128. The lowest BCUT2D eigenvalue weighted by molar-refractivity contribution is 0.102. The van der Waals surface area contributed by atoms with Crippen LogP contribution in [0.4, 0.5) is 5.82 Å². The summed E-state index contributed by atoms with van der Waals surface area (Å²) in [7, 11) is 0. The molecule has 1 N–H and O–H groups in total. The van der Waals surface area contributed by atoms with Crippen LogP contribution in [-0.4, -0.2) is 10.9 Å². The third-order valence-corrected chi connectivity index (χ3v) is 6.53. The third-order valence-electron chi connectivity index (χ3n) is 4.28. The van der Waals surface area contributed by atoms with Crippen LogP contribution in [0.1, 0.15) is 32.1 Å². The number of benzene rings is 1. The first kappa shape index (κ1) is 16.1. The number of fused-ring (bicyclic) bond motifs is 1. The molecule has 0 bridgehead atoms. The summed E-state index contributed by atoms with van der Waals surface area (Å²) in [5, 5.41) is 4.03. The van der Waals surface area contributed by atoms with E-state index in [1.807, 2.05) is 38.1 Å². The zero-order valence-corrected chi connectivity index (χ0v) is 15.9. The number of hydrogen-bond donors (Lipinski definition) is 1. The zero-order valence-electron chi connectivity index (χ0n) is 13.5. The molecule has 23 heavy (non-hydrogen) atoms. The fraction of sp³-hybridized carbons (Fsp3) is 0.222. The Balaban J connectivity index is 2.00. The Labute approximate surface area is 147 Å². The number of nitrogens with one attached hydrogen (secondary N) is 1. The van der Waals surface area contributed by atoms with Crippen molar-refractivity contribution in [1.29, 1.82) is 0 Å². The number of anilines is 1. The highest BCUT2D eigenvalue weighted by Crippen LogP contribution is 2.36. The van der Waals surface area contributed by atoms with Gasteiger partial charge in [-0.3, -0.25) is 4.79 Å². The van der Waals surface area contributed by atoms with Gasteiger partial charge in [0.05, 0.1) is 0 Å². The second-order valence-corrected chi connectivity index (χ2v) is 7.46. The summed E-state index contributed by atoms with van der Waals surface area (Å²) >= 11 is 5.04. The first-order valence-electron chi connectivity index (χ1n) is 7.33. The highest BCUT2D eigenvalue weighted by atomic mass is 79.9. The van der Waals surface area contributed by atoms with Gasteiger partial charge in [-0.1, -0.05) is 18.2 Å². The number of aromatic nitrogens is 1. The molecule has 1 aromatic carbocycles. The lowest BCUT2D eigenvalue weighted by atomic mass is 10.0. The molecule has 118 valence electrons. The van der Waals surface area contributed by atoms with Gasteiger partial charge in [0.25, 0.3) is 5.91 Å². The Hall–Kier alpha value is -1.72. The predicted molar refractivity (Wildman–Crippen MR) is 101 cm³/mol. The predicted octanol–water partition coefficient (Wildman–Crippen LogP) is 5.54. The number of amides is 1. The summed E-state index contributed by atoms with van der Waals surface area (Å²) in [5.41, 5.74) is 4.30. The zero-order chi connectivity index (χ0) is 16.7. The average molecular weight is 389 g/mol. The van der Waals surface area contributed by atoms with E-state index < -0.39 is 0 Å². The number of aryl methyl sites for hydroxylation is 1. The molecular weight excluding hydrogens is 372 g/mol. The van der Waals surface area contributed by atoms with Crippen molar-refractivity contribution in [2.75, 3.05) is 5.32 Å². The molecule has 0 saturated heterocycles. The van der Waals surface area contributed by atoms with E-state index in [0.717, 1.165) is 25.8 Å². The lowest BCUT2D eigenvalue weighted by Gasteiger charge is -2.13. The summed E-state index contributed by atoms with van der Waals surface area (Å²) in [6.07, 6.45) is 0. The number of hydrogen-bond acceptors (Lipinski definition) is 3. The average Bonchev–Trinajstić information content (AvgIpc) is 2.88. The van der Waals surface area contributed by atoms with Crippen LogP contribution in [0.25, 0.3) is 10.1 Å². The van der Waals surface area contributed by atoms with Crippen molar-refractivity contribution in [3.05, 3.63) is 56.0 Å². The quantitative estimate of drug-likeness (QED) is 0.625. The summed E-state index contributed by atoms with van der Waals surface area (Å²) in [6, 6.07) is 7.98. The summed E-state index contributed by atoms with van der Waals surface area (Å²) in [4.78, 5) is 17.9. The molecule has 3 nitrogen and oxygen atoms in total. The van der Waals surface area contributed by atoms with Crippen LogP contribution in [0, 0.1) is 27.7 Å². The molecule has 0 fully saturated rings. The van der Waals surface area contributed by atoms with E-state index in [0.29, 0.717) is 10.7 Å². The molecule has 2 aromatic heterocycles. The maximum Gasteiger partial charge on any atom is 0.268 e. The van der Waals surface area contributed by atoms with Gasteiger partial charge in [0.1, 0.15) is 10.7 Å². The Morgan fingerprint density at radius 2 is 1.78 bits per heavy atom. The van der Waals surface area contributed by atoms with Crippen molar-refractivity contribution in [3.8, 4) is 0 Å². The molecule has 2 heterocycles. The number of carbonyl (C=O) groups excluding carboxylic acids is 1. The van der Waals surface area contributed by atoms with Crippen molar-refractivity contribution in [3.63, 3.8) is 0 Å². The highest BCUT2D eigenvalue weighted by Gasteiger charge is 2.18. The van der Waals surface area contributed by atoms with Gasteiger partial charge in [-0.2, -0.15) is 0 Å². The lowest BCUT2D eigenvalue weighted by Crippen LogP contribution is -2.14. The Bertz CT molecular complexity index is 930. The SMILES string of the molecule is Cc1nc(NC(=O)c2sc3ccccc3c2Br)c(C)c(C)c1C. The van der Waals surface area contributed by atoms with E-state index in [1.165, 1.54) is 22.5 Å². The number of thiophene rings is 1. The number of pyridine rings is 1. The number of rotatable bonds is 2. The second-order valence-electron chi connectivity index (χ2n) is 5.62. The summed E-state index contributed by atoms with van der Waals surface area (Å²) < 4.78 is 1.93. The fourth-order valence-corrected chi connectivity index (χ4v) is 4.40. The molecule has 0 aliphatic carbocycles. The van der Waals surface area contributed by atoms with Crippen molar-refractivity contribution in [2.24, 2.45) is 0 Å². The van der Waals surface area contributed by atoms with Crippen LogP contribution in [0.5, 0.6) is 0 Å². The van der Waals surface area contributed by atoms with Gasteiger partial charge in [-0.05, 0) is 66.4 Å². The summed E-state index contributed by atoms with van der Waals surface area (Å²) in [5.74, 6) is 0.510. The molecule has 0 saturated carbocycles. The number of carbonyl (C=O) groups is 1. The molecule has 0 radical (unpaired) electrons. The molecule has 3 rings (SSSR count). The van der Waals surface area contributed by atoms with E-state index in [4.69, 9.17) is 0 Å². The molecule has 3 aromatic rings. The van der Waals surface area contributed by atoms with Gasteiger partial charge < -0.3 is 5.32 Å². The van der Waals surface area contributed by atoms with Crippen molar-refractivity contribution < 1.29 is 4.79 Å². The fourth-order valence-electron chi connectivity index (χ4n) is 2.51. The maximum absolute atomic E-state index is 12.7. The number of nitrogens with zero attached hydrogens (tertiary/aromatic N) is 1. The van der Waals surface area contributed by atoms with Crippen LogP contribution < -0.4 is 5.32 Å². The van der Waals surface area contributed by atoms with Gasteiger partial charge >= 0.3 is 0 Å². The van der Waals surface area contributed by atoms with Crippen LogP contribution in [-0.2, 0) is 0 Å². The minimum Gasteiger partial charge on any atom is -0.306 e. The smallest absolute Gasteiger partial charge is 0.268 e. The van der Waals surface area contributed by atoms with Crippen LogP contribution in [0.2, 0.25) is 0 Å². The first-order valence-corrected chi connectivity index (χ1v) is 8.94. The van der Waals surface area contributed by atoms with E-state index in [9.17, 15) is 4.79 Å². The van der Waals surface area contributed by atoms with Crippen LogP contribution in [0.3, 0.4) is 0 Å². The molecule has 5 heteroatoms. The van der Waals surface area contributed by atoms with Gasteiger partial charge in [-0.15, -0.1) is 11.3 Å². The van der Waals surface area contributed by atoms with Gasteiger partial charge in [0, 0.05) is 20.3 Å². The normalized spacial score (nSPS) is 11.0. The van der Waals surface area contributed by atoms with E-state index in [1.54, 1.807) is 0 Å². The topological polar surface area (TPSA) is 42.0 Å². The molecule has 0 aliphatic heterocycles. The largest absolute Gasteiger partial charge is 0.306 e. The molecule has 0 atom stereocenters. The molecule has 0 unspecified atom stereocenters. The van der Waals surface area contributed by atoms with E-state index >= 15 is 0 Å². The molecule has 0 spiro atoms. The van der Waals surface area contributed by atoms with Gasteiger partial charge in [-0.25, -0.2) is 4.98 Å². The Morgan fingerprint density at radius 3 is 2.48 bits per heavy atom. The van der Waals surface area contributed by atoms with Gasteiger partial charge in [0.2, 0.25) is 0 Å². The molecule has 0 aliphatic rings. The Morgan fingerprint density at radius 1 is 1.09 bits per heavy atom. The molecule has 1 amide bonds.